The lowest BCUT2D eigenvalue weighted by Gasteiger charge is -2.23. The smallest absolute Gasteiger partial charge is 0.226 e. The summed E-state index contributed by atoms with van der Waals surface area (Å²) >= 11 is 0. The zero-order valence-electron chi connectivity index (χ0n) is 15.6. The van der Waals surface area contributed by atoms with Gasteiger partial charge in [-0.25, -0.2) is 9.37 Å². The SMILES string of the molecule is CC(c1cc2ccc(F)cc2o1)N(C)C(=O)[C@H]1C[C@@H]1c1nc2ccccc2[nH]1. The predicted octanol–water partition coefficient (Wildman–Crippen LogP) is 4.77. The molecule has 1 amide bonds. The first-order valence-electron chi connectivity index (χ1n) is 9.41. The summed E-state index contributed by atoms with van der Waals surface area (Å²) in [5, 5.41) is 0.829. The molecule has 0 bridgehead atoms. The van der Waals surface area contributed by atoms with E-state index in [4.69, 9.17) is 4.42 Å². The standard InChI is InChI=1S/C22H20FN3O2/c1-12(19-9-13-7-8-14(23)10-20(13)28-19)26(2)22(27)16-11-15(16)21-24-17-5-3-4-6-18(17)25-21/h3-10,12,15-16H,11H2,1-2H3,(H,24,25)/t12?,15-,16-/m0/s1. The van der Waals surface area contributed by atoms with Gasteiger partial charge in [-0.15, -0.1) is 0 Å². The Bertz CT molecular complexity index is 1160. The molecular formula is C22H20FN3O2. The number of rotatable bonds is 4. The minimum atomic E-state index is -0.336. The number of fused-ring (bicyclic) bond motifs is 2. The number of hydrogen-bond donors (Lipinski definition) is 1. The molecule has 4 aromatic rings. The third kappa shape index (κ3) is 2.76. The van der Waals surface area contributed by atoms with E-state index in [9.17, 15) is 9.18 Å². The maximum absolute atomic E-state index is 13.4. The number of benzene rings is 2. The molecule has 1 aliphatic carbocycles. The summed E-state index contributed by atoms with van der Waals surface area (Å²) in [4.78, 5) is 22.6. The van der Waals surface area contributed by atoms with Crippen LogP contribution in [0.1, 0.15) is 36.9 Å². The Kier molecular flexibility index (Phi) is 3.75. The first-order valence-corrected chi connectivity index (χ1v) is 9.41. The Morgan fingerprint density at radius 1 is 1.29 bits per heavy atom. The molecule has 5 nitrogen and oxygen atoms in total. The van der Waals surface area contributed by atoms with Crippen molar-refractivity contribution in [1.29, 1.82) is 0 Å². The highest BCUT2D eigenvalue weighted by molar-refractivity contribution is 5.84. The molecule has 0 aliphatic heterocycles. The van der Waals surface area contributed by atoms with Crippen LogP contribution in [0.2, 0.25) is 0 Å². The van der Waals surface area contributed by atoms with E-state index in [0.717, 1.165) is 28.7 Å². The molecule has 142 valence electrons. The number of carbonyl (C=O) groups excluding carboxylic acids is 1. The molecule has 5 rings (SSSR count). The van der Waals surface area contributed by atoms with Crippen LogP contribution < -0.4 is 0 Å². The third-order valence-electron chi connectivity index (χ3n) is 5.71. The van der Waals surface area contributed by atoms with Gasteiger partial charge in [0.1, 0.15) is 23.0 Å². The van der Waals surface area contributed by atoms with Crippen molar-refractivity contribution in [3.63, 3.8) is 0 Å². The minimum Gasteiger partial charge on any atom is -0.459 e. The average Bonchev–Trinajstić information content (AvgIpc) is 3.19. The lowest BCUT2D eigenvalue weighted by molar-refractivity contribution is -0.133. The molecule has 6 heteroatoms. The van der Waals surface area contributed by atoms with Gasteiger partial charge in [0.15, 0.2) is 0 Å². The van der Waals surface area contributed by atoms with Crippen molar-refractivity contribution in [2.75, 3.05) is 7.05 Å². The monoisotopic (exact) mass is 377 g/mol. The highest BCUT2D eigenvalue weighted by atomic mass is 19.1. The van der Waals surface area contributed by atoms with Gasteiger partial charge in [-0.05, 0) is 43.7 Å². The van der Waals surface area contributed by atoms with E-state index >= 15 is 0 Å². The summed E-state index contributed by atoms with van der Waals surface area (Å²) in [5.74, 6) is 1.31. The van der Waals surface area contributed by atoms with Gasteiger partial charge < -0.3 is 14.3 Å². The Labute approximate surface area is 161 Å². The van der Waals surface area contributed by atoms with Gasteiger partial charge in [0.2, 0.25) is 5.91 Å². The number of H-pyrrole nitrogens is 1. The van der Waals surface area contributed by atoms with Gasteiger partial charge in [0.25, 0.3) is 0 Å². The van der Waals surface area contributed by atoms with Crippen LogP contribution >= 0.6 is 0 Å². The second kappa shape index (κ2) is 6.19. The van der Waals surface area contributed by atoms with Crippen LogP contribution in [0.5, 0.6) is 0 Å². The van der Waals surface area contributed by atoms with Crippen LogP contribution in [0.4, 0.5) is 4.39 Å². The zero-order chi connectivity index (χ0) is 19.4. The van der Waals surface area contributed by atoms with Crippen LogP contribution in [0.3, 0.4) is 0 Å². The van der Waals surface area contributed by atoms with E-state index in [1.807, 2.05) is 37.3 Å². The molecule has 3 atom stereocenters. The average molecular weight is 377 g/mol. The van der Waals surface area contributed by atoms with Crippen molar-refractivity contribution >= 4 is 27.9 Å². The quantitative estimate of drug-likeness (QED) is 0.557. The molecule has 2 heterocycles. The second-order valence-electron chi connectivity index (χ2n) is 7.54. The molecule has 28 heavy (non-hydrogen) atoms. The fraction of sp³-hybridized carbons (Fsp3) is 0.273. The first kappa shape index (κ1) is 17.0. The zero-order valence-corrected chi connectivity index (χ0v) is 15.6. The number of para-hydroxylation sites is 2. The van der Waals surface area contributed by atoms with E-state index in [1.54, 1.807) is 18.0 Å². The highest BCUT2D eigenvalue weighted by Gasteiger charge is 2.48. The van der Waals surface area contributed by atoms with Crippen LogP contribution in [-0.4, -0.2) is 27.8 Å². The Balaban J connectivity index is 1.33. The largest absolute Gasteiger partial charge is 0.459 e. The maximum atomic E-state index is 13.4. The van der Waals surface area contributed by atoms with Crippen LogP contribution in [-0.2, 0) is 4.79 Å². The van der Waals surface area contributed by atoms with Crippen molar-refractivity contribution < 1.29 is 13.6 Å². The topological polar surface area (TPSA) is 62.1 Å². The number of imidazole rings is 1. The molecule has 2 aromatic carbocycles. The Morgan fingerprint density at radius 2 is 2.11 bits per heavy atom. The molecule has 1 unspecified atom stereocenters. The van der Waals surface area contributed by atoms with Crippen molar-refractivity contribution in [2.45, 2.75) is 25.3 Å². The van der Waals surface area contributed by atoms with Crippen LogP contribution in [0.25, 0.3) is 22.0 Å². The maximum Gasteiger partial charge on any atom is 0.226 e. The number of aromatic amines is 1. The molecule has 1 fully saturated rings. The fourth-order valence-electron chi connectivity index (χ4n) is 3.79. The summed E-state index contributed by atoms with van der Waals surface area (Å²) in [7, 11) is 1.79. The second-order valence-corrected chi connectivity index (χ2v) is 7.54. The Morgan fingerprint density at radius 3 is 2.93 bits per heavy atom. The summed E-state index contributed by atoms with van der Waals surface area (Å²) in [6, 6.07) is 14.0. The molecule has 0 spiro atoms. The van der Waals surface area contributed by atoms with Gasteiger partial charge in [0, 0.05) is 30.3 Å². The van der Waals surface area contributed by atoms with Crippen molar-refractivity contribution in [3.8, 4) is 0 Å². The van der Waals surface area contributed by atoms with E-state index in [0.29, 0.717) is 11.3 Å². The highest BCUT2D eigenvalue weighted by Crippen LogP contribution is 2.48. The number of furan rings is 1. The van der Waals surface area contributed by atoms with Crippen LogP contribution in [0, 0.1) is 11.7 Å². The fourth-order valence-corrected chi connectivity index (χ4v) is 3.79. The lowest BCUT2D eigenvalue weighted by Crippen LogP contribution is -2.31. The Hall–Kier alpha value is -3.15. The first-order chi connectivity index (χ1) is 13.5. The van der Waals surface area contributed by atoms with E-state index in [-0.39, 0.29) is 29.6 Å². The van der Waals surface area contributed by atoms with Gasteiger partial charge >= 0.3 is 0 Å². The molecule has 1 N–H and O–H groups in total. The number of hydrogen-bond acceptors (Lipinski definition) is 3. The van der Waals surface area contributed by atoms with Gasteiger partial charge in [-0.1, -0.05) is 12.1 Å². The summed E-state index contributed by atoms with van der Waals surface area (Å²) in [6.45, 7) is 1.92. The number of amides is 1. The van der Waals surface area contributed by atoms with Gasteiger partial charge in [0.05, 0.1) is 17.1 Å². The van der Waals surface area contributed by atoms with E-state index in [2.05, 4.69) is 9.97 Å². The summed E-state index contributed by atoms with van der Waals surface area (Å²) < 4.78 is 19.2. The molecule has 0 saturated heterocycles. The van der Waals surface area contributed by atoms with E-state index < -0.39 is 0 Å². The molecular weight excluding hydrogens is 357 g/mol. The van der Waals surface area contributed by atoms with Gasteiger partial charge in [-0.3, -0.25) is 4.79 Å². The number of nitrogens with one attached hydrogen (secondary N) is 1. The van der Waals surface area contributed by atoms with Crippen LogP contribution in [0.15, 0.2) is 52.9 Å². The number of halogens is 1. The van der Waals surface area contributed by atoms with Crippen molar-refractivity contribution in [3.05, 3.63) is 65.9 Å². The number of carbonyl (C=O) groups is 1. The normalized spacial score (nSPS) is 19.8. The van der Waals surface area contributed by atoms with E-state index in [1.165, 1.54) is 12.1 Å². The third-order valence-corrected chi connectivity index (χ3v) is 5.71. The molecule has 0 radical (unpaired) electrons. The predicted molar refractivity (Wildman–Crippen MR) is 104 cm³/mol. The van der Waals surface area contributed by atoms with Gasteiger partial charge in [-0.2, -0.15) is 0 Å². The lowest BCUT2D eigenvalue weighted by atomic mass is 10.1. The minimum absolute atomic E-state index is 0.0737. The summed E-state index contributed by atoms with van der Waals surface area (Å²) in [6.07, 6.45) is 0.793. The number of nitrogens with zero attached hydrogens (tertiary/aromatic N) is 2. The molecule has 1 saturated carbocycles. The van der Waals surface area contributed by atoms with Crippen molar-refractivity contribution in [2.24, 2.45) is 5.92 Å². The molecule has 1 aliphatic rings. The summed E-state index contributed by atoms with van der Waals surface area (Å²) in [5.41, 5.74) is 2.41. The molecule has 2 aromatic heterocycles. The number of aromatic nitrogens is 2. The van der Waals surface area contributed by atoms with Crippen molar-refractivity contribution in [1.82, 2.24) is 14.9 Å².